The number of fused-ring (bicyclic) bond motifs is 1. The monoisotopic (exact) mass is 466 g/mol. The van der Waals surface area contributed by atoms with Gasteiger partial charge in [0, 0.05) is 43.1 Å². The highest BCUT2D eigenvalue weighted by Gasteiger charge is 2.50. The molecule has 2 saturated heterocycles. The third kappa shape index (κ3) is 5.50. The van der Waals surface area contributed by atoms with Gasteiger partial charge in [-0.05, 0) is 49.1 Å². The summed E-state index contributed by atoms with van der Waals surface area (Å²) in [6.07, 6.45) is 3.71. The lowest BCUT2D eigenvalue weighted by atomic mass is 9.74. The number of hydrogen-bond acceptors (Lipinski definition) is 4. The Morgan fingerprint density at radius 1 is 1.03 bits per heavy atom. The maximum atomic E-state index is 13.3. The summed E-state index contributed by atoms with van der Waals surface area (Å²) in [5.41, 5.74) is 2.96. The van der Waals surface area contributed by atoms with Gasteiger partial charge in [-0.25, -0.2) is 12.7 Å². The Balaban J connectivity index is 1.54. The van der Waals surface area contributed by atoms with Gasteiger partial charge in [-0.3, -0.25) is 4.90 Å². The van der Waals surface area contributed by atoms with Crippen LogP contribution in [0.15, 0.2) is 54.6 Å². The molecule has 0 unspecified atom stereocenters. The molecule has 0 saturated carbocycles. The van der Waals surface area contributed by atoms with Crippen molar-refractivity contribution >= 4 is 10.0 Å². The highest BCUT2D eigenvalue weighted by Crippen LogP contribution is 2.42. The molecular formula is C27H34N2O3S. The highest BCUT2D eigenvalue weighted by molar-refractivity contribution is 7.88. The lowest BCUT2D eigenvalue weighted by molar-refractivity contribution is -0.0554. The fraction of sp³-hybridized carbons (Fsp3) is 0.481. The molecule has 5 nitrogen and oxygen atoms in total. The standard InChI is InChI=1S/C27H34N2O3S/c1-2-3-5-10-22-13-15-24(16-14-22)27-25-19-28(17-8-9-18-29(25)26(27)20-30)33(31,32)21-23-11-6-4-7-12-23/h4,6-7,11-16,25-27,30H,2-3,8-9,17-21H2,1H3/t25-,26+,27-/m0/s1. The minimum Gasteiger partial charge on any atom is -0.395 e. The molecule has 0 amide bonds. The van der Waals surface area contributed by atoms with Crippen LogP contribution in [-0.2, 0) is 15.8 Å². The summed E-state index contributed by atoms with van der Waals surface area (Å²) in [7, 11) is -3.42. The number of aliphatic hydroxyl groups is 1. The van der Waals surface area contributed by atoms with Gasteiger partial charge < -0.3 is 5.11 Å². The van der Waals surface area contributed by atoms with Crippen molar-refractivity contribution in [3.63, 3.8) is 0 Å². The highest BCUT2D eigenvalue weighted by atomic mass is 32.2. The summed E-state index contributed by atoms with van der Waals surface area (Å²) in [6.45, 7) is 4.12. The van der Waals surface area contributed by atoms with E-state index in [4.69, 9.17) is 0 Å². The fourth-order valence-corrected chi connectivity index (χ4v) is 6.70. The summed E-state index contributed by atoms with van der Waals surface area (Å²) < 4.78 is 28.3. The first-order valence-electron chi connectivity index (χ1n) is 12.0. The molecule has 176 valence electrons. The van der Waals surface area contributed by atoms with Crippen molar-refractivity contribution in [3.05, 3.63) is 71.3 Å². The molecule has 0 spiro atoms. The van der Waals surface area contributed by atoms with Crippen molar-refractivity contribution in [2.75, 3.05) is 26.2 Å². The topological polar surface area (TPSA) is 60.9 Å². The van der Waals surface area contributed by atoms with E-state index in [1.165, 1.54) is 0 Å². The minimum absolute atomic E-state index is 0.0276. The van der Waals surface area contributed by atoms with Crippen molar-refractivity contribution in [1.29, 1.82) is 0 Å². The number of benzene rings is 2. The van der Waals surface area contributed by atoms with E-state index in [9.17, 15) is 13.5 Å². The van der Waals surface area contributed by atoms with E-state index in [1.807, 2.05) is 42.5 Å². The zero-order valence-corrected chi connectivity index (χ0v) is 20.2. The lowest BCUT2D eigenvalue weighted by Crippen LogP contribution is -2.67. The predicted octanol–water partition coefficient (Wildman–Crippen LogP) is 3.59. The van der Waals surface area contributed by atoms with Crippen LogP contribution in [0, 0.1) is 11.8 Å². The zero-order chi connectivity index (χ0) is 23.3. The third-order valence-corrected chi connectivity index (χ3v) is 8.64. The van der Waals surface area contributed by atoms with Crippen LogP contribution in [0.4, 0.5) is 0 Å². The summed E-state index contributed by atoms with van der Waals surface area (Å²) in [5.74, 6) is 6.52. The van der Waals surface area contributed by atoms with Crippen molar-refractivity contribution in [2.24, 2.45) is 0 Å². The number of aliphatic hydroxyl groups excluding tert-OH is 1. The van der Waals surface area contributed by atoms with Crippen LogP contribution in [0.2, 0.25) is 0 Å². The molecule has 0 bridgehead atoms. The van der Waals surface area contributed by atoms with Gasteiger partial charge in [0.25, 0.3) is 0 Å². The second-order valence-electron chi connectivity index (χ2n) is 9.06. The first-order valence-corrected chi connectivity index (χ1v) is 13.6. The molecular weight excluding hydrogens is 432 g/mol. The van der Waals surface area contributed by atoms with E-state index < -0.39 is 10.0 Å². The van der Waals surface area contributed by atoms with E-state index in [0.717, 1.165) is 48.9 Å². The van der Waals surface area contributed by atoms with Crippen molar-refractivity contribution < 1.29 is 13.5 Å². The number of unbranched alkanes of at least 4 members (excludes halogenated alkanes) is 1. The zero-order valence-electron chi connectivity index (χ0n) is 19.4. The van der Waals surface area contributed by atoms with Gasteiger partial charge in [-0.2, -0.15) is 0 Å². The third-order valence-electron chi connectivity index (χ3n) is 6.82. The van der Waals surface area contributed by atoms with E-state index in [1.54, 1.807) is 4.31 Å². The van der Waals surface area contributed by atoms with Crippen LogP contribution in [0.3, 0.4) is 0 Å². The average molecular weight is 467 g/mol. The van der Waals surface area contributed by atoms with Gasteiger partial charge in [0.05, 0.1) is 12.4 Å². The van der Waals surface area contributed by atoms with Crippen LogP contribution < -0.4 is 0 Å². The number of rotatable bonds is 6. The SMILES string of the molecule is CCCC#Cc1ccc([C@@H]2[C@@H](CO)N3CCCCN(S(=O)(=O)Cc4ccccc4)C[C@@H]23)cc1. The molecule has 2 fully saturated rings. The van der Waals surface area contributed by atoms with E-state index in [0.29, 0.717) is 13.1 Å². The maximum Gasteiger partial charge on any atom is 0.218 e. The van der Waals surface area contributed by atoms with Gasteiger partial charge in [0.2, 0.25) is 10.0 Å². The Morgan fingerprint density at radius 2 is 1.76 bits per heavy atom. The first kappa shape index (κ1) is 24.0. The van der Waals surface area contributed by atoms with Crippen LogP contribution in [0.1, 0.15) is 55.2 Å². The van der Waals surface area contributed by atoms with E-state index in [-0.39, 0.29) is 30.4 Å². The molecule has 4 rings (SSSR count). The summed E-state index contributed by atoms with van der Waals surface area (Å²) in [4.78, 5) is 2.31. The largest absolute Gasteiger partial charge is 0.395 e. The Morgan fingerprint density at radius 3 is 2.45 bits per heavy atom. The number of sulfonamides is 1. The molecule has 2 aliphatic rings. The van der Waals surface area contributed by atoms with Gasteiger partial charge in [-0.1, -0.05) is 61.2 Å². The Bertz CT molecular complexity index is 1070. The van der Waals surface area contributed by atoms with Gasteiger partial charge in [-0.15, -0.1) is 0 Å². The quantitative estimate of drug-likeness (QED) is 0.661. The smallest absolute Gasteiger partial charge is 0.218 e. The van der Waals surface area contributed by atoms with Crippen LogP contribution in [-0.4, -0.2) is 61.1 Å². The molecule has 33 heavy (non-hydrogen) atoms. The molecule has 0 aliphatic carbocycles. The van der Waals surface area contributed by atoms with Gasteiger partial charge >= 0.3 is 0 Å². The average Bonchev–Trinajstić information content (AvgIpc) is 2.79. The normalized spacial score (nSPS) is 24.0. The van der Waals surface area contributed by atoms with E-state index in [2.05, 4.69) is 35.8 Å². The van der Waals surface area contributed by atoms with Crippen molar-refractivity contribution in [1.82, 2.24) is 9.21 Å². The van der Waals surface area contributed by atoms with Gasteiger partial charge in [0.1, 0.15) is 0 Å². The summed E-state index contributed by atoms with van der Waals surface area (Å²) in [6, 6.07) is 17.8. The van der Waals surface area contributed by atoms with Crippen LogP contribution in [0.5, 0.6) is 0 Å². The second-order valence-corrected chi connectivity index (χ2v) is 11.0. The number of hydrogen-bond donors (Lipinski definition) is 1. The molecule has 2 aliphatic heterocycles. The number of nitrogens with zero attached hydrogens (tertiary/aromatic N) is 2. The molecule has 0 radical (unpaired) electrons. The first-order chi connectivity index (χ1) is 16.0. The molecule has 3 atom stereocenters. The van der Waals surface area contributed by atoms with Gasteiger partial charge in [0.15, 0.2) is 0 Å². The van der Waals surface area contributed by atoms with Crippen molar-refractivity contribution in [2.45, 2.75) is 56.4 Å². The Labute approximate surface area is 198 Å². The molecule has 2 heterocycles. The molecule has 1 N–H and O–H groups in total. The summed E-state index contributed by atoms with van der Waals surface area (Å²) in [5, 5.41) is 10.1. The lowest BCUT2D eigenvalue weighted by Gasteiger charge is -2.57. The molecule has 2 aromatic rings. The Kier molecular flexibility index (Phi) is 7.87. The molecule has 6 heteroatoms. The molecule has 2 aromatic carbocycles. The fourth-order valence-electron chi connectivity index (χ4n) is 5.12. The van der Waals surface area contributed by atoms with E-state index >= 15 is 0 Å². The van der Waals surface area contributed by atoms with Crippen LogP contribution >= 0.6 is 0 Å². The predicted molar refractivity (Wildman–Crippen MR) is 132 cm³/mol. The minimum atomic E-state index is -3.42. The Hall–Kier alpha value is -2.17. The van der Waals surface area contributed by atoms with Crippen LogP contribution in [0.25, 0.3) is 0 Å². The second kappa shape index (κ2) is 10.8. The molecule has 0 aromatic heterocycles. The van der Waals surface area contributed by atoms with Crippen molar-refractivity contribution in [3.8, 4) is 11.8 Å². The summed E-state index contributed by atoms with van der Waals surface area (Å²) >= 11 is 0. The maximum absolute atomic E-state index is 13.3.